The maximum absolute atomic E-state index is 12.4. The Morgan fingerprint density at radius 1 is 1.43 bits per heavy atom. The first-order valence-corrected chi connectivity index (χ1v) is 9.31. The van der Waals surface area contributed by atoms with E-state index in [2.05, 4.69) is 20.7 Å². The molecule has 0 radical (unpaired) electrons. The topological polar surface area (TPSA) is 75.6 Å². The van der Waals surface area contributed by atoms with E-state index < -0.39 is 16.1 Å². The van der Waals surface area contributed by atoms with Crippen LogP contribution in [0.15, 0.2) is 27.6 Å². The van der Waals surface area contributed by atoms with Gasteiger partial charge in [0.1, 0.15) is 10.6 Å². The Bertz CT molecular complexity index is 591. The van der Waals surface area contributed by atoms with E-state index in [1.807, 2.05) is 0 Å². The summed E-state index contributed by atoms with van der Waals surface area (Å²) in [6.45, 7) is 2.45. The summed E-state index contributed by atoms with van der Waals surface area (Å²) in [5.41, 5.74) is 0. The maximum atomic E-state index is 12.4. The lowest BCUT2D eigenvalue weighted by atomic mass is 10.1. The molecule has 7 heteroatoms. The molecule has 0 heterocycles. The Hall–Kier alpha value is -0.630. The van der Waals surface area contributed by atoms with Crippen LogP contribution in [-0.2, 0) is 10.0 Å². The van der Waals surface area contributed by atoms with Crippen molar-refractivity contribution in [3.05, 3.63) is 22.7 Å². The lowest BCUT2D eigenvalue weighted by Gasteiger charge is -2.16. The van der Waals surface area contributed by atoms with Gasteiger partial charge in [-0.25, -0.2) is 13.1 Å². The number of halogens is 1. The Morgan fingerprint density at radius 2 is 2.19 bits per heavy atom. The Morgan fingerprint density at radius 3 is 2.81 bits per heavy atom. The first kappa shape index (κ1) is 16.7. The fourth-order valence-electron chi connectivity index (χ4n) is 2.52. The van der Waals surface area contributed by atoms with Crippen LogP contribution in [0, 0.1) is 5.92 Å². The molecule has 5 nitrogen and oxygen atoms in total. The van der Waals surface area contributed by atoms with E-state index in [9.17, 15) is 13.5 Å². The highest BCUT2D eigenvalue weighted by atomic mass is 79.9. The standard InChI is InChI=1S/C14H20BrNO4S/c1-2-20-13-7-6-11(15)8-14(13)21(18,19)16-9-10-4-3-5-12(10)17/h6-8,10,12,16-17H,2-5,9H2,1H3. The van der Waals surface area contributed by atoms with Gasteiger partial charge in [0.2, 0.25) is 10.0 Å². The van der Waals surface area contributed by atoms with Crippen molar-refractivity contribution in [2.45, 2.75) is 37.2 Å². The van der Waals surface area contributed by atoms with Crippen molar-refractivity contribution < 1.29 is 18.3 Å². The molecule has 2 atom stereocenters. The third-order valence-corrected chi connectivity index (χ3v) is 5.59. The second kappa shape index (κ2) is 7.09. The molecular weight excluding hydrogens is 358 g/mol. The molecule has 0 aromatic heterocycles. The van der Waals surface area contributed by atoms with Crippen LogP contribution in [0.2, 0.25) is 0 Å². The fourth-order valence-corrected chi connectivity index (χ4v) is 4.29. The zero-order chi connectivity index (χ0) is 15.5. The largest absolute Gasteiger partial charge is 0.492 e. The Balaban J connectivity index is 2.16. The molecule has 1 saturated carbocycles. The van der Waals surface area contributed by atoms with Gasteiger partial charge in [0.25, 0.3) is 0 Å². The number of aliphatic hydroxyl groups is 1. The van der Waals surface area contributed by atoms with Crippen molar-refractivity contribution in [3.8, 4) is 5.75 Å². The first-order valence-electron chi connectivity index (χ1n) is 7.04. The Labute approximate surface area is 133 Å². The van der Waals surface area contributed by atoms with Gasteiger partial charge in [-0.1, -0.05) is 22.4 Å². The number of sulfonamides is 1. The molecule has 2 unspecified atom stereocenters. The second-order valence-electron chi connectivity index (χ2n) is 5.13. The average Bonchev–Trinajstić information content (AvgIpc) is 2.84. The van der Waals surface area contributed by atoms with Crippen LogP contribution in [0.1, 0.15) is 26.2 Å². The average molecular weight is 378 g/mol. The van der Waals surface area contributed by atoms with Gasteiger partial charge in [-0.15, -0.1) is 0 Å². The number of hydrogen-bond donors (Lipinski definition) is 2. The van der Waals surface area contributed by atoms with Crippen molar-refractivity contribution in [3.63, 3.8) is 0 Å². The van der Waals surface area contributed by atoms with Crippen LogP contribution < -0.4 is 9.46 Å². The van der Waals surface area contributed by atoms with Gasteiger partial charge >= 0.3 is 0 Å². The minimum atomic E-state index is -3.66. The predicted octanol–water partition coefficient (Wildman–Crippen LogP) is 2.29. The number of aliphatic hydroxyl groups excluding tert-OH is 1. The van der Waals surface area contributed by atoms with Crippen LogP contribution in [0.5, 0.6) is 5.75 Å². The number of rotatable bonds is 6. The highest BCUT2D eigenvalue weighted by Crippen LogP contribution is 2.29. The third kappa shape index (κ3) is 4.18. The van der Waals surface area contributed by atoms with Gasteiger partial charge in [0, 0.05) is 11.0 Å². The van der Waals surface area contributed by atoms with E-state index >= 15 is 0 Å². The van der Waals surface area contributed by atoms with Crippen molar-refractivity contribution in [2.75, 3.05) is 13.2 Å². The lowest BCUT2D eigenvalue weighted by molar-refractivity contribution is 0.134. The number of nitrogens with one attached hydrogen (secondary N) is 1. The van der Waals surface area contributed by atoms with Crippen LogP contribution in [0.3, 0.4) is 0 Å². The molecule has 0 bridgehead atoms. The summed E-state index contributed by atoms with van der Waals surface area (Å²) >= 11 is 3.28. The molecule has 0 amide bonds. The quantitative estimate of drug-likeness (QED) is 0.797. The van der Waals surface area contributed by atoms with Crippen molar-refractivity contribution >= 4 is 26.0 Å². The Kier molecular flexibility index (Phi) is 5.65. The molecule has 2 N–H and O–H groups in total. The molecule has 0 saturated heterocycles. The van der Waals surface area contributed by atoms with E-state index in [0.717, 1.165) is 19.3 Å². The zero-order valence-electron chi connectivity index (χ0n) is 11.9. The van der Waals surface area contributed by atoms with Gasteiger partial charge in [-0.3, -0.25) is 0 Å². The third-order valence-electron chi connectivity index (χ3n) is 3.65. The van der Waals surface area contributed by atoms with Gasteiger partial charge in [-0.05, 0) is 43.9 Å². The van der Waals surface area contributed by atoms with Crippen LogP contribution in [-0.4, -0.2) is 32.8 Å². The predicted molar refractivity (Wildman–Crippen MR) is 83.8 cm³/mol. The molecule has 0 aliphatic heterocycles. The van der Waals surface area contributed by atoms with Crippen molar-refractivity contribution in [2.24, 2.45) is 5.92 Å². The molecule has 0 spiro atoms. The molecular formula is C14H20BrNO4S. The summed E-state index contributed by atoms with van der Waals surface area (Å²) in [6.07, 6.45) is 2.12. The highest BCUT2D eigenvalue weighted by molar-refractivity contribution is 9.10. The SMILES string of the molecule is CCOc1ccc(Br)cc1S(=O)(=O)NCC1CCCC1O. The van der Waals surface area contributed by atoms with E-state index in [1.54, 1.807) is 19.1 Å². The van der Waals surface area contributed by atoms with Crippen LogP contribution >= 0.6 is 15.9 Å². The highest BCUT2D eigenvalue weighted by Gasteiger charge is 2.28. The molecule has 1 fully saturated rings. The first-order chi connectivity index (χ1) is 9.94. The normalized spacial score (nSPS) is 22.4. The minimum absolute atomic E-state index is 0.0116. The summed E-state index contributed by atoms with van der Waals surface area (Å²) in [4.78, 5) is 0.117. The second-order valence-corrected chi connectivity index (χ2v) is 7.79. The van der Waals surface area contributed by atoms with Gasteiger partial charge in [0.05, 0.1) is 12.7 Å². The molecule has 118 valence electrons. The molecule has 2 rings (SSSR count). The monoisotopic (exact) mass is 377 g/mol. The van der Waals surface area contributed by atoms with Gasteiger partial charge in [-0.2, -0.15) is 0 Å². The number of benzene rings is 1. The van der Waals surface area contributed by atoms with Crippen LogP contribution in [0.4, 0.5) is 0 Å². The van der Waals surface area contributed by atoms with E-state index in [0.29, 0.717) is 16.8 Å². The molecule has 1 aliphatic rings. The van der Waals surface area contributed by atoms with Crippen molar-refractivity contribution in [1.29, 1.82) is 0 Å². The summed E-state index contributed by atoms with van der Waals surface area (Å²) in [5, 5.41) is 9.77. The van der Waals surface area contributed by atoms with Gasteiger partial charge < -0.3 is 9.84 Å². The summed E-state index contributed by atoms with van der Waals surface area (Å²) < 4.78 is 33.5. The number of ether oxygens (including phenoxy) is 1. The maximum Gasteiger partial charge on any atom is 0.244 e. The summed E-state index contributed by atoms with van der Waals surface area (Å²) in [7, 11) is -3.66. The molecule has 21 heavy (non-hydrogen) atoms. The van der Waals surface area contributed by atoms with E-state index in [4.69, 9.17) is 4.74 Å². The van der Waals surface area contributed by atoms with E-state index in [-0.39, 0.29) is 17.4 Å². The molecule has 1 aromatic carbocycles. The summed E-state index contributed by atoms with van der Waals surface area (Å²) in [6, 6.07) is 4.90. The summed E-state index contributed by atoms with van der Waals surface area (Å²) in [5.74, 6) is 0.322. The smallest absolute Gasteiger partial charge is 0.244 e. The lowest BCUT2D eigenvalue weighted by Crippen LogP contribution is -2.32. The number of hydrogen-bond acceptors (Lipinski definition) is 4. The van der Waals surface area contributed by atoms with E-state index in [1.165, 1.54) is 6.07 Å². The zero-order valence-corrected chi connectivity index (χ0v) is 14.3. The van der Waals surface area contributed by atoms with Crippen LogP contribution in [0.25, 0.3) is 0 Å². The fraction of sp³-hybridized carbons (Fsp3) is 0.571. The van der Waals surface area contributed by atoms with Crippen molar-refractivity contribution in [1.82, 2.24) is 4.72 Å². The minimum Gasteiger partial charge on any atom is -0.492 e. The molecule has 1 aromatic rings. The van der Waals surface area contributed by atoms with Gasteiger partial charge in [0.15, 0.2) is 0 Å². The molecule has 1 aliphatic carbocycles.